The Labute approximate surface area is 83.9 Å². The molecular weight excluding hydrogens is 189 g/mol. The Balaban J connectivity index is 0.00000144. The molecule has 72 valence electrons. The zero-order valence-electron chi connectivity index (χ0n) is 7.46. The number of hydrogen-bond acceptors (Lipinski definition) is 1. The summed E-state index contributed by atoms with van der Waals surface area (Å²) in [5.41, 5.74) is 7.11. The molecule has 0 unspecified atom stereocenters. The van der Waals surface area contributed by atoms with Crippen molar-refractivity contribution in [1.82, 2.24) is 0 Å². The summed E-state index contributed by atoms with van der Waals surface area (Å²) in [6, 6.07) is 4.47. The molecule has 0 fully saturated rings. The van der Waals surface area contributed by atoms with Crippen molar-refractivity contribution in [2.45, 2.75) is 13.0 Å². The van der Waals surface area contributed by atoms with E-state index in [0.29, 0.717) is 5.56 Å². The van der Waals surface area contributed by atoms with Crippen molar-refractivity contribution in [3.05, 3.63) is 47.8 Å². The summed E-state index contributed by atoms with van der Waals surface area (Å²) in [6.07, 6.45) is 1.53. The predicted molar refractivity (Wildman–Crippen MR) is 55.5 cm³/mol. The molecule has 0 amide bonds. The Morgan fingerprint density at radius 3 is 2.69 bits per heavy atom. The van der Waals surface area contributed by atoms with Crippen LogP contribution in [-0.4, -0.2) is 0 Å². The van der Waals surface area contributed by atoms with Crippen LogP contribution in [0, 0.1) is 12.7 Å². The lowest BCUT2D eigenvalue weighted by Gasteiger charge is -2.08. The number of nitrogens with two attached hydrogens (primary N) is 1. The van der Waals surface area contributed by atoms with Gasteiger partial charge >= 0.3 is 0 Å². The van der Waals surface area contributed by atoms with E-state index in [1.54, 1.807) is 12.1 Å². The highest BCUT2D eigenvalue weighted by atomic mass is 35.5. The monoisotopic (exact) mass is 201 g/mol. The lowest BCUT2D eigenvalue weighted by molar-refractivity contribution is 0.602. The second-order valence-electron chi connectivity index (χ2n) is 2.79. The van der Waals surface area contributed by atoms with Crippen molar-refractivity contribution < 1.29 is 4.39 Å². The van der Waals surface area contributed by atoms with E-state index in [1.807, 2.05) is 6.92 Å². The van der Waals surface area contributed by atoms with Crippen molar-refractivity contribution in [3.63, 3.8) is 0 Å². The Bertz CT molecular complexity index is 299. The summed E-state index contributed by atoms with van der Waals surface area (Å²) >= 11 is 0. The van der Waals surface area contributed by atoms with Crippen molar-refractivity contribution in [2.75, 3.05) is 0 Å². The number of halogens is 2. The lowest BCUT2D eigenvalue weighted by atomic mass is 10.0. The molecule has 2 N–H and O–H groups in total. The standard InChI is InChI=1S/C10H12FN.ClH/c1-3-10(12)8-6-7(2)4-5-9(8)11;/h3-6,10H,1,12H2,2H3;1H/t10-;/m0./s1. The normalized spacial score (nSPS) is 11.6. The van der Waals surface area contributed by atoms with Gasteiger partial charge in [-0.15, -0.1) is 19.0 Å². The molecule has 0 radical (unpaired) electrons. The highest BCUT2D eigenvalue weighted by molar-refractivity contribution is 5.85. The maximum Gasteiger partial charge on any atom is 0.128 e. The van der Waals surface area contributed by atoms with Crippen molar-refractivity contribution in [1.29, 1.82) is 0 Å². The van der Waals surface area contributed by atoms with E-state index in [4.69, 9.17) is 5.73 Å². The fourth-order valence-corrected chi connectivity index (χ4v) is 1.05. The topological polar surface area (TPSA) is 26.0 Å². The third-order valence-electron chi connectivity index (χ3n) is 1.76. The van der Waals surface area contributed by atoms with Gasteiger partial charge in [0, 0.05) is 5.56 Å². The maximum absolute atomic E-state index is 13.1. The minimum absolute atomic E-state index is 0. The number of hydrogen-bond donors (Lipinski definition) is 1. The van der Waals surface area contributed by atoms with Crippen LogP contribution in [-0.2, 0) is 0 Å². The van der Waals surface area contributed by atoms with E-state index >= 15 is 0 Å². The summed E-state index contributed by atoms with van der Waals surface area (Å²) in [6.45, 7) is 5.42. The zero-order chi connectivity index (χ0) is 9.14. The van der Waals surface area contributed by atoms with Crippen LogP contribution in [0.15, 0.2) is 30.9 Å². The molecule has 13 heavy (non-hydrogen) atoms. The molecule has 1 atom stereocenters. The third kappa shape index (κ3) is 2.83. The minimum Gasteiger partial charge on any atom is -0.321 e. The average molecular weight is 202 g/mol. The van der Waals surface area contributed by atoms with Crippen LogP contribution in [0.2, 0.25) is 0 Å². The van der Waals surface area contributed by atoms with Crippen LogP contribution < -0.4 is 5.73 Å². The van der Waals surface area contributed by atoms with Crippen LogP contribution in [0.4, 0.5) is 4.39 Å². The molecule has 1 rings (SSSR count). The van der Waals surface area contributed by atoms with Gasteiger partial charge < -0.3 is 5.73 Å². The van der Waals surface area contributed by atoms with Gasteiger partial charge in [-0.2, -0.15) is 0 Å². The summed E-state index contributed by atoms with van der Waals surface area (Å²) in [5.74, 6) is -0.270. The summed E-state index contributed by atoms with van der Waals surface area (Å²) < 4.78 is 13.1. The van der Waals surface area contributed by atoms with E-state index in [1.165, 1.54) is 12.1 Å². The van der Waals surface area contributed by atoms with Crippen molar-refractivity contribution in [3.8, 4) is 0 Å². The van der Waals surface area contributed by atoms with Crippen LogP contribution >= 0.6 is 12.4 Å². The van der Waals surface area contributed by atoms with Gasteiger partial charge in [0.15, 0.2) is 0 Å². The molecule has 0 aromatic heterocycles. The zero-order valence-corrected chi connectivity index (χ0v) is 8.27. The SMILES string of the molecule is C=C[C@H](N)c1cc(C)ccc1F.Cl. The molecule has 0 aliphatic heterocycles. The van der Waals surface area contributed by atoms with E-state index in [0.717, 1.165) is 5.56 Å². The van der Waals surface area contributed by atoms with Crippen LogP contribution in [0.1, 0.15) is 17.2 Å². The van der Waals surface area contributed by atoms with Gasteiger partial charge in [0.05, 0.1) is 6.04 Å². The largest absolute Gasteiger partial charge is 0.321 e. The van der Waals surface area contributed by atoms with Gasteiger partial charge in [-0.25, -0.2) is 4.39 Å². The Morgan fingerprint density at radius 1 is 1.54 bits per heavy atom. The molecule has 0 saturated carbocycles. The number of aryl methyl sites for hydroxylation is 1. The molecule has 1 nitrogen and oxygen atoms in total. The fraction of sp³-hybridized carbons (Fsp3) is 0.200. The second kappa shape index (κ2) is 5.00. The lowest BCUT2D eigenvalue weighted by Crippen LogP contribution is -2.08. The number of benzene rings is 1. The first-order valence-corrected chi connectivity index (χ1v) is 3.79. The first-order chi connectivity index (χ1) is 5.65. The Hall–Kier alpha value is -0.860. The van der Waals surface area contributed by atoms with Gasteiger partial charge in [-0.1, -0.05) is 23.8 Å². The summed E-state index contributed by atoms with van der Waals surface area (Å²) in [4.78, 5) is 0. The highest BCUT2D eigenvalue weighted by Gasteiger charge is 2.07. The first-order valence-electron chi connectivity index (χ1n) is 3.79. The van der Waals surface area contributed by atoms with E-state index in [-0.39, 0.29) is 18.2 Å². The quantitative estimate of drug-likeness (QED) is 0.732. The van der Waals surface area contributed by atoms with E-state index in [2.05, 4.69) is 6.58 Å². The molecule has 3 heteroatoms. The molecular formula is C10H13ClFN. The van der Waals surface area contributed by atoms with Gasteiger partial charge in [0.25, 0.3) is 0 Å². The highest BCUT2D eigenvalue weighted by Crippen LogP contribution is 2.16. The van der Waals surface area contributed by atoms with Gasteiger partial charge in [0.1, 0.15) is 5.82 Å². The average Bonchev–Trinajstić information content (AvgIpc) is 2.08. The molecule has 0 bridgehead atoms. The predicted octanol–water partition coefficient (Wildman–Crippen LogP) is 2.74. The van der Waals surface area contributed by atoms with E-state index < -0.39 is 6.04 Å². The molecule has 0 aliphatic carbocycles. The van der Waals surface area contributed by atoms with Crippen LogP contribution in [0.3, 0.4) is 0 Å². The van der Waals surface area contributed by atoms with Crippen LogP contribution in [0.25, 0.3) is 0 Å². The molecule has 1 aromatic carbocycles. The Kier molecular flexibility index (Phi) is 4.67. The Morgan fingerprint density at radius 2 is 2.15 bits per heavy atom. The number of rotatable bonds is 2. The third-order valence-corrected chi connectivity index (χ3v) is 1.76. The summed E-state index contributed by atoms with van der Waals surface area (Å²) in [7, 11) is 0. The second-order valence-corrected chi connectivity index (χ2v) is 2.79. The van der Waals surface area contributed by atoms with Crippen molar-refractivity contribution >= 4 is 12.4 Å². The van der Waals surface area contributed by atoms with Gasteiger partial charge in [-0.3, -0.25) is 0 Å². The van der Waals surface area contributed by atoms with Crippen molar-refractivity contribution in [2.24, 2.45) is 5.73 Å². The summed E-state index contributed by atoms with van der Waals surface area (Å²) in [5, 5.41) is 0. The minimum atomic E-state index is -0.412. The molecule has 0 aliphatic rings. The van der Waals surface area contributed by atoms with Gasteiger partial charge in [-0.05, 0) is 13.0 Å². The molecule has 0 saturated heterocycles. The fourth-order valence-electron chi connectivity index (χ4n) is 1.05. The smallest absolute Gasteiger partial charge is 0.128 e. The maximum atomic E-state index is 13.1. The molecule has 1 aromatic rings. The van der Waals surface area contributed by atoms with E-state index in [9.17, 15) is 4.39 Å². The molecule has 0 spiro atoms. The first kappa shape index (κ1) is 12.1. The molecule has 0 heterocycles. The van der Waals surface area contributed by atoms with Gasteiger partial charge in [0.2, 0.25) is 0 Å². The van der Waals surface area contributed by atoms with Crippen LogP contribution in [0.5, 0.6) is 0 Å².